The lowest BCUT2D eigenvalue weighted by atomic mass is 10.1. The molecule has 0 radical (unpaired) electrons. The van der Waals surface area contributed by atoms with Gasteiger partial charge in [0.1, 0.15) is 5.65 Å². The van der Waals surface area contributed by atoms with Crippen LogP contribution >= 0.6 is 0 Å². The Bertz CT molecular complexity index is 632. The molecule has 0 aromatic carbocycles. The van der Waals surface area contributed by atoms with Gasteiger partial charge in [0.15, 0.2) is 0 Å². The van der Waals surface area contributed by atoms with E-state index in [-0.39, 0.29) is 5.91 Å². The number of carbonyl (C=O) groups is 1. The molecule has 2 aromatic rings. The molecule has 1 aliphatic rings. The molecule has 0 fully saturated rings. The number of hydrogen-bond donors (Lipinski definition) is 0. The molecule has 0 atom stereocenters. The van der Waals surface area contributed by atoms with Crippen LogP contribution in [0, 0.1) is 5.95 Å². The van der Waals surface area contributed by atoms with Gasteiger partial charge in [-0.25, -0.2) is 4.98 Å². The van der Waals surface area contributed by atoms with Crippen molar-refractivity contribution in [3.8, 4) is 0 Å². The highest BCUT2D eigenvalue weighted by Crippen LogP contribution is 2.28. The number of fused-ring (bicyclic) bond motifs is 3. The van der Waals surface area contributed by atoms with Gasteiger partial charge in [0.05, 0.1) is 5.56 Å². The third-order valence-electron chi connectivity index (χ3n) is 3.37. The van der Waals surface area contributed by atoms with Crippen molar-refractivity contribution in [2.24, 2.45) is 7.05 Å². The maximum atomic E-state index is 13.1. The highest BCUT2D eigenvalue weighted by atomic mass is 19.1. The second-order valence-corrected chi connectivity index (χ2v) is 4.36. The number of nitrogens with zero attached hydrogens (tertiary/aromatic N) is 3. The first-order valence-corrected chi connectivity index (χ1v) is 5.49. The smallest absolute Gasteiger partial charge is 0.256 e. The first-order chi connectivity index (χ1) is 8.09. The quantitative estimate of drug-likeness (QED) is 0.644. The molecule has 0 N–H and O–H groups in total. The van der Waals surface area contributed by atoms with E-state index in [4.69, 9.17) is 0 Å². The van der Waals surface area contributed by atoms with Crippen molar-refractivity contribution in [3.63, 3.8) is 0 Å². The molecule has 0 spiro atoms. The van der Waals surface area contributed by atoms with E-state index in [1.54, 1.807) is 18.0 Å². The Morgan fingerprint density at radius 3 is 2.88 bits per heavy atom. The minimum absolute atomic E-state index is 0.00902. The Morgan fingerprint density at radius 2 is 2.12 bits per heavy atom. The molecule has 4 nitrogen and oxygen atoms in total. The third kappa shape index (κ3) is 1.28. The fraction of sp³-hybridized carbons (Fsp3) is 0.333. The van der Waals surface area contributed by atoms with Crippen LogP contribution in [-0.2, 0) is 13.5 Å². The van der Waals surface area contributed by atoms with Crippen molar-refractivity contribution in [2.45, 2.75) is 6.42 Å². The lowest BCUT2D eigenvalue weighted by Gasteiger charge is -2.23. The Morgan fingerprint density at radius 1 is 1.35 bits per heavy atom. The van der Waals surface area contributed by atoms with E-state index in [9.17, 15) is 9.18 Å². The Kier molecular flexibility index (Phi) is 1.98. The predicted molar refractivity (Wildman–Crippen MR) is 61.3 cm³/mol. The zero-order valence-corrected chi connectivity index (χ0v) is 9.70. The molecule has 1 amide bonds. The highest BCUT2D eigenvalue weighted by Gasteiger charge is 2.28. The average molecular weight is 233 g/mol. The van der Waals surface area contributed by atoms with Gasteiger partial charge in [-0.15, -0.1) is 0 Å². The minimum Gasteiger partial charge on any atom is -0.341 e. The molecule has 3 rings (SSSR count). The Hall–Kier alpha value is -1.91. The SMILES string of the molecule is CN1CCc2c(c3ccc(F)nc3n2C)C1=O. The molecule has 1 aliphatic heterocycles. The van der Waals surface area contributed by atoms with Gasteiger partial charge in [0.2, 0.25) is 5.95 Å². The second-order valence-electron chi connectivity index (χ2n) is 4.36. The minimum atomic E-state index is -0.517. The summed E-state index contributed by atoms with van der Waals surface area (Å²) in [4.78, 5) is 17.7. The van der Waals surface area contributed by atoms with Crippen LogP contribution in [0.4, 0.5) is 4.39 Å². The number of aryl methyl sites for hydroxylation is 1. The van der Waals surface area contributed by atoms with Gasteiger partial charge in [-0.3, -0.25) is 4.79 Å². The number of carbonyl (C=O) groups excluding carboxylic acids is 1. The van der Waals surface area contributed by atoms with E-state index in [0.717, 1.165) is 17.5 Å². The van der Waals surface area contributed by atoms with Gasteiger partial charge in [-0.05, 0) is 12.1 Å². The number of likely N-dealkylation sites (N-methyl/N-ethyl adjacent to an activating group) is 1. The second kappa shape index (κ2) is 3.29. The monoisotopic (exact) mass is 233 g/mol. The molecule has 0 saturated heterocycles. The van der Waals surface area contributed by atoms with Crippen molar-refractivity contribution in [1.82, 2.24) is 14.5 Å². The summed E-state index contributed by atoms with van der Waals surface area (Å²) in [5.41, 5.74) is 2.16. The first-order valence-electron chi connectivity index (χ1n) is 5.49. The maximum absolute atomic E-state index is 13.1. The summed E-state index contributed by atoms with van der Waals surface area (Å²) >= 11 is 0. The molecular formula is C12H12FN3O. The van der Waals surface area contributed by atoms with Crippen molar-refractivity contribution < 1.29 is 9.18 Å². The lowest BCUT2D eigenvalue weighted by Crippen LogP contribution is -2.34. The van der Waals surface area contributed by atoms with Gasteiger partial charge in [0.25, 0.3) is 5.91 Å². The topological polar surface area (TPSA) is 38.1 Å². The summed E-state index contributed by atoms with van der Waals surface area (Å²) in [5.74, 6) is -0.526. The van der Waals surface area contributed by atoms with Crippen molar-refractivity contribution in [2.75, 3.05) is 13.6 Å². The fourth-order valence-corrected chi connectivity index (χ4v) is 2.42. The summed E-state index contributed by atoms with van der Waals surface area (Å²) in [6.45, 7) is 0.693. The van der Waals surface area contributed by atoms with Crippen LogP contribution in [0.15, 0.2) is 12.1 Å². The van der Waals surface area contributed by atoms with E-state index >= 15 is 0 Å². The number of amides is 1. The average Bonchev–Trinajstić information content (AvgIpc) is 2.58. The molecular weight excluding hydrogens is 221 g/mol. The lowest BCUT2D eigenvalue weighted by molar-refractivity contribution is 0.0781. The summed E-state index contributed by atoms with van der Waals surface area (Å²) in [5, 5.41) is 0.737. The molecule has 17 heavy (non-hydrogen) atoms. The summed E-state index contributed by atoms with van der Waals surface area (Å²) in [6.07, 6.45) is 0.784. The number of rotatable bonds is 0. The van der Waals surface area contributed by atoms with Crippen molar-refractivity contribution >= 4 is 16.9 Å². The van der Waals surface area contributed by atoms with Gasteiger partial charge in [-0.1, -0.05) is 0 Å². The first kappa shape index (κ1) is 10.3. The standard InChI is InChI=1S/C12H12FN3O/c1-15-6-5-8-10(12(15)17)7-3-4-9(13)14-11(7)16(8)2/h3-4H,5-6H2,1-2H3. The molecule has 88 valence electrons. The highest BCUT2D eigenvalue weighted by molar-refractivity contribution is 6.08. The van der Waals surface area contributed by atoms with Crippen LogP contribution in [0.2, 0.25) is 0 Å². The summed E-state index contributed by atoms with van der Waals surface area (Å²) < 4.78 is 15.0. The number of pyridine rings is 1. The Labute approximate surface area is 97.7 Å². The number of halogens is 1. The van der Waals surface area contributed by atoms with E-state index in [1.165, 1.54) is 6.07 Å². The van der Waals surface area contributed by atoms with Gasteiger partial charge >= 0.3 is 0 Å². The van der Waals surface area contributed by atoms with E-state index in [1.807, 2.05) is 11.6 Å². The van der Waals surface area contributed by atoms with Crippen LogP contribution < -0.4 is 0 Å². The van der Waals surface area contributed by atoms with Crippen LogP contribution in [0.5, 0.6) is 0 Å². The summed E-state index contributed by atoms with van der Waals surface area (Å²) in [6, 6.07) is 2.93. The van der Waals surface area contributed by atoms with Crippen LogP contribution in [-0.4, -0.2) is 34.0 Å². The molecule has 0 bridgehead atoms. The van der Waals surface area contributed by atoms with E-state index in [2.05, 4.69) is 4.98 Å². The van der Waals surface area contributed by atoms with Gasteiger partial charge in [-0.2, -0.15) is 4.39 Å². The molecule has 3 heterocycles. The van der Waals surface area contributed by atoms with Crippen LogP contribution in [0.1, 0.15) is 16.1 Å². The van der Waals surface area contributed by atoms with Crippen LogP contribution in [0.25, 0.3) is 11.0 Å². The molecule has 0 saturated carbocycles. The van der Waals surface area contributed by atoms with Crippen LogP contribution in [0.3, 0.4) is 0 Å². The van der Waals surface area contributed by atoms with E-state index < -0.39 is 5.95 Å². The van der Waals surface area contributed by atoms with Crippen molar-refractivity contribution in [1.29, 1.82) is 0 Å². The maximum Gasteiger partial charge on any atom is 0.256 e. The predicted octanol–water partition coefficient (Wildman–Crippen LogP) is 1.34. The van der Waals surface area contributed by atoms with Gasteiger partial charge < -0.3 is 9.47 Å². The normalized spacial score (nSPS) is 15.5. The molecule has 0 aliphatic carbocycles. The van der Waals surface area contributed by atoms with E-state index in [0.29, 0.717) is 17.8 Å². The number of hydrogen-bond acceptors (Lipinski definition) is 2. The molecule has 5 heteroatoms. The molecule has 0 unspecified atom stereocenters. The fourth-order valence-electron chi connectivity index (χ4n) is 2.42. The summed E-state index contributed by atoms with van der Waals surface area (Å²) in [7, 11) is 3.60. The molecule has 2 aromatic heterocycles. The zero-order chi connectivity index (χ0) is 12.2. The third-order valence-corrected chi connectivity index (χ3v) is 3.37. The Balaban J connectivity index is 2.39. The number of aromatic nitrogens is 2. The zero-order valence-electron chi connectivity index (χ0n) is 9.70. The van der Waals surface area contributed by atoms with Gasteiger partial charge in [0, 0.05) is 38.1 Å². The largest absolute Gasteiger partial charge is 0.341 e. The van der Waals surface area contributed by atoms with Crippen molar-refractivity contribution in [3.05, 3.63) is 29.3 Å².